The lowest BCUT2D eigenvalue weighted by molar-refractivity contribution is 0.392. The van der Waals surface area contributed by atoms with Gasteiger partial charge in [-0.2, -0.15) is 0 Å². The fraction of sp³-hybridized carbons (Fsp3) is 0.308. The van der Waals surface area contributed by atoms with Crippen molar-refractivity contribution in [2.75, 3.05) is 14.2 Å². The normalized spacial score (nSPS) is 11.4. The molecule has 0 spiro atoms. The zero-order valence-electron chi connectivity index (χ0n) is 11.9. The van der Waals surface area contributed by atoms with Crippen LogP contribution in [0.5, 0.6) is 11.5 Å². The Morgan fingerprint density at radius 3 is 2.62 bits per heavy atom. The fourth-order valence-electron chi connectivity index (χ4n) is 1.73. The molecule has 0 bridgehead atoms. The summed E-state index contributed by atoms with van der Waals surface area (Å²) in [6, 6.07) is 4.56. The van der Waals surface area contributed by atoms with Gasteiger partial charge in [-0.25, -0.2) is 18.1 Å². The Balaban J connectivity index is 2.26. The van der Waals surface area contributed by atoms with Crippen molar-refractivity contribution in [2.24, 2.45) is 0 Å². The number of nitrogens with zero attached hydrogens (tertiary/aromatic N) is 1. The SMILES string of the molecule is COc1ccc(OC)c(S(=O)(=O)NCc2coc(C)n2)c1. The molecule has 7 nitrogen and oxygen atoms in total. The van der Waals surface area contributed by atoms with Crippen LogP contribution in [0.4, 0.5) is 0 Å². The average molecular weight is 312 g/mol. The number of benzene rings is 1. The van der Waals surface area contributed by atoms with E-state index in [9.17, 15) is 8.42 Å². The van der Waals surface area contributed by atoms with Crippen molar-refractivity contribution in [3.8, 4) is 11.5 Å². The molecule has 1 aromatic carbocycles. The first kappa shape index (κ1) is 15.3. The van der Waals surface area contributed by atoms with Crippen molar-refractivity contribution in [3.05, 3.63) is 36.0 Å². The van der Waals surface area contributed by atoms with Crippen molar-refractivity contribution in [1.82, 2.24) is 9.71 Å². The first-order valence-electron chi connectivity index (χ1n) is 6.09. The minimum atomic E-state index is -3.76. The monoisotopic (exact) mass is 312 g/mol. The van der Waals surface area contributed by atoms with Gasteiger partial charge in [0.05, 0.1) is 26.5 Å². The molecule has 0 atom stereocenters. The van der Waals surface area contributed by atoms with E-state index < -0.39 is 10.0 Å². The number of ether oxygens (including phenoxy) is 2. The maximum Gasteiger partial charge on any atom is 0.244 e. The summed E-state index contributed by atoms with van der Waals surface area (Å²) in [4.78, 5) is 4.04. The fourth-order valence-corrected chi connectivity index (χ4v) is 2.91. The number of methoxy groups -OCH3 is 2. The van der Waals surface area contributed by atoms with Crippen molar-refractivity contribution in [3.63, 3.8) is 0 Å². The summed E-state index contributed by atoms with van der Waals surface area (Å²) in [7, 11) is -0.895. The van der Waals surface area contributed by atoms with Gasteiger partial charge in [0.15, 0.2) is 5.89 Å². The summed E-state index contributed by atoms with van der Waals surface area (Å²) < 4.78 is 42.3. The number of sulfonamides is 1. The molecule has 0 fully saturated rings. The molecule has 0 saturated heterocycles. The quantitative estimate of drug-likeness (QED) is 0.869. The van der Waals surface area contributed by atoms with E-state index in [1.54, 1.807) is 13.0 Å². The van der Waals surface area contributed by atoms with Crippen LogP contribution in [0.15, 0.2) is 33.8 Å². The molecule has 0 saturated carbocycles. The largest absolute Gasteiger partial charge is 0.497 e. The zero-order chi connectivity index (χ0) is 15.5. The van der Waals surface area contributed by atoms with Gasteiger partial charge in [0.2, 0.25) is 10.0 Å². The van der Waals surface area contributed by atoms with Crippen LogP contribution < -0.4 is 14.2 Å². The molecule has 8 heteroatoms. The predicted octanol–water partition coefficient (Wildman–Crippen LogP) is 1.48. The highest BCUT2D eigenvalue weighted by Gasteiger charge is 2.20. The number of aryl methyl sites for hydroxylation is 1. The Morgan fingerprint density at radius 2 is 2.05 bits per heavy atom. The number of hydrogen-bond acceptors (Lipinski definition) is 6. The number of nitrogens with one attached hydrogen (secondary N) is 1. The van der Waals surface area contributed by atoms with E-state index in [0.29, 0.717) is 17.3 Å². The van der Waals surface area contributed by atoms with E-state index >= 15 is 0 Å². The van der Waals surface area contributed by atoms with E-state index in [4.69, 9.17) is 13.9 Å². The molecule has 0 aliphatic rings. The molecular formula is C13H16N2O5S. The third kappa shape index (κ3) is 3.53. The molecule has 0 aliphatic carbocycles. The van der Waals surface area contributed by atoms with Crippen LogP contribution in [-0.2, 0) is 16.6 Å². The van der Waals surface area contributed by atoms with E-state index in [-0.39, 0.29) is 17.2 Å². The predicted molar refractivity (Wildman–Crippen MR) is 74.8 cm³/mol. The lowest BCUT2D eigenvalue weighted by Gasteiger charge is -2.11. The molecule has 1 heterocycles. The highest BCUT2D eigenvalue weighted by atomic mass is 32.2. The Labute approximate surface area is 122 Å². The summed E-state index contributed by atoms with van der Waals surface area (Å²) >= 11 is 0. The average Bonchev–Trinajstić information content (AvgIpc) is 2.90. The van der Waals surface area contributed by atoms with Crippen molar-refractivity contribution in [2.45, 2.75) is 18.4 Å². The molecule has 1 N–H and O–H groups in total. The molecule has 0 unspecified atom stereocenters. The second-order valence-electron chi connectivity index (χ2n) is 4.20. The van der Waals surface area contributed by atoms with E-state index in [1.165, 1.54) is 32.6 Å². The van der Waals surface area contributed by atoms with Gasteiger partial charge in [-0.3, -0.25) is 0 Å². The van der Waals surface area contributed by atoms with E-state index in [1.807, 2.05) is 0 Å². The first-order valence-corrected chi connectivity index (χ1v) is 7.57. The van der Waals surface area contributed by atoms with Crippen LogP contribution in [0.25, 0.3) is 0 Å². The summed E-state index contributed by atoms with van der Waals surface area (Å²) in [5.41, 5.74) is 0.498. The molecule has 114 valence electrons. The maximum atomic E-state index is 12.4. The summed E-state index contributed by atoms with van der Waals surface area (Å²) in [6.07, 6.45) is 1.40. The highest BCUT2D eigenvalue weighted by molar-refractivity contribution is 7.89. The molecule has 0 amide bonds. The van der Waals surface area contributed by atoms with Gasteiger partial charge in [0.25, 0.3) is 0 Å². The lowest BCUT2D eigenvalue weighted by Crippen LogP contribution is -2.24. The Bertz CT molecular complexity index is 724. The van der Waals surface area contributed by atoms with Gasteiger partial charge in [0.1, 0.15) is 22.7 Å². The van der Waals surface area contributed by atoms with Crippen LogP contribution in [0, 0.1) is 6.92 Å². The lowest BCUT2D eigenvalue weighted by atomic mass is 10.3. The second kappa shape index (κ2) is 6.15. The Kier molecular flexibility index (Phi) is 4.49. The maximum absolute atomic E-state index is 12.4. The number of hydrogen-bond donors (Lipinski definition) is 1. The molecule has 0 radical (unpaired) electrons. The molecule has 0 aliphatic heterocycles. The molecule has 1 aromatic heterocycles. The van der Waals surface area contributed by atoms with Crippen molar-refractivity contribution >= 4 is 10.0 Å². The topological polar surface area (TPSA) is 90.7 Å². The smallest absolute Gasteiger partial charge is 0.244 e. The molecule has 2 aromatic rings. The van der Waals surface area contributed by atoms with Crippen LogP contribution in [0.3, 0.4) is 0 Å². The Morgan fingerprint density at radius 1 is 1.29 bits per heavy atom. The van der Waals surface area contributed by atoms with Crippen molar-refractivity contribution < 1.29 is 22.3 Å². The number of aromatic nitrogens is 1. The van der Waals surface area contributed by atoms with Gasteiger partial charge in [-0.1, -0.05) is 0 Å². The second-order valence-corrected chi connectivity index (χ2v) is 5.93. The van der Waals surface area contributed by atoms with Crippen molar-refractivity contribution in [1.29, 1.82) is 0 Å². The van der Waals surface area contributed by atoms with Crippen LogP contribution in [0.2, 0.25) is 0 Å². The zero-order valence-corrected chi connectivity index (χ0v) is 12.7. The number of rotatable bonds is 6. The van der Waals surface area contributed by atoms with Gasteiger partial charge in [-0.15, -0.1) is 0 Å². The summed E-state index contributed by atoms with van der Waals surface area (Å²) in [6.45, 7) is 1.71. The first-order chi connectivity index (χ1) is 9.96. The molecular weight excluding hydrogens is 296 g/mol. The standard InChI is InChI=1S/C13H16N2O5S/c1-9-15-10(8-20-9)7-14-21(16,17)13-6-11(18-2)4-5-12(13)19-3/h4-6,8,14H,7H2,1-3H3. The third-order valence-corrected chi connectivity index (χ3v) is 4.19. The summed E-state index contributed by atoms with van der Waals surface area (Å²) in [5, 5.41) is 0. The van der Waals surface area contributed by atoms with Crippen LogP contribution >= 0.6 is 0 Å². The van der Waals surface area contributed by atoms with Crippen LogP contribution in [-0.4, -0.2) is 27.6 Å². The van der Waals surface area contributed by atoms with Gasteiger partial charge >= 0.3 is 0 Å². The Hall–Kier alpha value is -2.06. The molecule has 2 rings (SSSR count). The number of oxazole rings is 1. The summed E-state index contributed by atoms with van der Waals surface area (Å²) in [5.74, 6) is 1.14. The highest BCUT2D eigenvalue weighted by Crippen LogP contribution is 2.28. The molecule has 21 heavy (non-hydrogen) atoms. The minimum absolute atomic E-state index is 0.00423. The van der Waals surface area contributed by atoms with E-state index in [2.05, 4.69) is 9.71 Å². The van der Waals surface area contributed by atoms with E-state index in [0.717, 1.165) is 0 Å². The minimum Gasteiger partial charge on any atom is -0.497 e. The van der Waals surface area contributed by atoms with Gasteiger partial charge < -0.3 is 13.9 Å². The van der Waals surface area contributed by atoms with Crippen LogP contribution in [0.1, 0.15) is 11.6 Å². The third-order valence-electron chi connectivity index (χ3n) is 2.77. The van der Waals surface area contributed by atoms with Gasteiger partial charge in [-0.05, 0) is 12.1 Å². The van der Waals surface area contributed by atoms with Gasteiger partial charge in [0, 0.05) is 13.0 Å².